The molecule has 0 N–H and O–H groups in total. The second-order valence-corrected chi connectivity index (χ2v) is 31.4. The Bertz CT molecular complexity index is 5890. The fourth-order valence-corrected chi connectivity index (χ4v) is 20.4. The molecule has 0 saturated heterocycles. The summed E-state index contributed by atoms with van der Waals surface area (Å²) >= 11 is 12.7. The lowest BCUT2D eigenvalue weighted by Gasteiger charge is -1.94. The van der Waals surface area contributed by atoms with E-state index in [-0.39, 0.29) is 0 Å². The Morgan fingerprint density at radius 3 is 1.27 bits per heavy atom. The van der Waals surface area contributed by atoms with Crippen LogP contribution in [0.4, 0.5) is 0 Å². The fraction of sp³-hybridized carbons (Fsp3) is 0.0824. The van der Waals surface area contributed by atoms with Crippen LogP contribution in [0.15, 0.2) is 262 Å². The third-order valence-electron chi connectivity index (χ3n) is 17.3. The summed E-state index contributed by atoms with van der Waals surface area (Å²) in [6.45, 7) is 14.9. The average Bonchev–Trinajstić information content (AvgIpc) is 1.68. The quantitative estimate of drug-likeness (QED) is 0.151. The van der Waals surface area contributed by atoms with Crippen molar-refractivity contribution in [2.45, 2.75) is 48.5 Å². The third kappa shape index (κ3) is 12.9. The predicted octanol–water partition coefficient (Wildman–Crippen LogP) is 26.9. The first-order valence-electron chi connectivity index (χ1n) is 32.3. The molecule has 0 atom stereocenters. The molecule has 6 nitrogen and oxygen atoms in total. The van der Waals surface area contributed by atoms with Gasteiger partial charge in [0.15, 0.2) is 0 Å². The van der Waals surface area contributed by atoms with Gasteiger partial charge in [-0.3, -0.25) is 19.9 Å². The van der Waals surface area contributed by atoms with E-state index in [0.717, 1.165) is 31.9 Å². The SMILES string of the molecule is Cc1ccc2sc3ccccc3c2n1.Cc1cccc2c1sc1ccccc12.Cc1cccc2sc3cccnc3c12.Cc1cccc2sc3ncccc3c12.Cc1cccc2sc3ncccc3c12.Cc1ccnc2c1sc1ccccc12.Cc1cncc2c1sc1ccccc12. The molecule has 13 aromatic heterocycles. The highest BCUT2D eigenvalue weighted by molar-refractivity contribution is 7.28. The van der Waals surface area contributed by atoms with Gasteiger partial charge in [0, 0.05) is 144 Å². The summed E-state index contributed by atoms with van der Waals surface area (Å²) in [7, 11) is 0. The Kier molecular flexibility index (Phi) is 18.6. The molecule has 0 saturated carbocycles. The molecular formula is C85H64N6S7. The zero-order valence-corrected chi connectivity index (χ0v) is 60.6. The number of hydrogen-bond donors (Lipinski definition) is 0. The van der Waals surface area contributed by atoms with Crippen molar-refractivity contribution in [2.24, 2.45) is 0 Å². The second-order valence-electron chi connectivity index (χ2n) is 24.0. The standard InChI is InChI=1S/C13H10S.6C12H9NS/c1-9-5-4-7-11-10-6-2-3-8-12(10)14-13(9)11;2*1-8-4-2-6-10-11(8)9-5-3-7-13-12(9)14-10;1-8-4-2-5-9-11(8)12-10(14-9)6-3-7-13-12;1-8-6-13-7-10-9-4-2-3-5-11(9)14-12(8)10;1-8-6-7-13-11-9-4-2-3-5-10(9)14-12(8)11;1-8-6-7-11-12(13-8)9-4-2-3-5-10(9)14-11/h2-8H,1H3;6*2-7H,1H3. The van der Waals surface area contributed by atoms with Gasteiger partial charge in [0.2, 0.25) is 0 Å². The van der Waals surface area contributed by atoms with Crippen LogP contribution in [0.1, 0.15) is 39.1 Å². The first-order valence-corrected chi connectivity index (χ1v) is 38.0. The Morgan fingerprint density at radius 1 is 0.224 bits per heavy atom. The predicted molar refractivity (Wildman–Crippen MR) is 435 cm³/mol. The van der Waals surface area contributed by atoms with Crippen LogP contribution < -0.4 is 0 Å². The minimum atomic E-state index is 1.08. The van der Waals surface area contributed by atoms with E-state index in [2.05, 4.69) is 278 Å². The molecule has 98 heavy (non-hydrogen) atoms. The Balaban J connectivity index is 0.0000000933. The number of thiophene rings is 7. The largest absolute Gasteiger partial charge is 0.264 e. The first-order chi connectivity index (χ1) is 48.0. The molecule has 0 aliphatic rings. The van der Waals surface area contributed by atoms with Crippen molar-refractivity contribution in [1.29, 1.82) is 0 Å². The number of hydrogen-bond acceptors (Lipinski definition) is 13. The summed E-state index contributed by atoms with van der Waals surface area (Å²) in [5, 5.41) is 14.5. The Hall–Kier alpha value is -9.80. The van der Waals surface area contributed by atoms with Crippen molar-refractivity contribution < 1.29 is 0 Å². The van der Waals surface area contributed by atoms with E-state index in [1.54, 1.807) is 22.7 Å². The van der Waals surface area contributed by atoms with Crippen LogP contribution in [0.25, 0.3) is 142 Å². The maximum Gasteiger partial charge on any atom is 0.124 e. The summed E-state index contributed by atoms with van der Waals surface area (Å²) in [6.07, 6.45) is 11.3. The molecule has 0 aliphatic carbocycles. The smallest absolute Gasteiger partial charge is 0.124 e. The fourth-order valence-electron chi connectivity index (χ4n) is 12.6. The monoisotopic (exact) mass is 1390 g/mol. The zero-order chi connectivity index (χ0) is 66.8. The molecule has 0 amide bonds. The molecule has 0 fully saturated rings. The van der Waals surface area contributed by atoms with Crippen molar-refractivity contribution in [3.8, 4) is 0 Å². The lowest BCUT2D eigenvalue weighted by atomic mass is 10.1. The minimum Gasteiger partial charge on any atom is -0.264 e. The highest BCUT2D eigenvalue weighted by Gasteiger charge is 2.12. The van der Waals surface area contributed by atoms with Crippen molar-refractivity contribution in [3.05, 3.63) is 301 Å². The molecule has 0 radical (unpaired) electrons. The molecule has 0 aliphatic heterocycles. The Morgan fingerprint density at radius 2 is 0.633 bits per heavy atom. The molecule has 8 aromatic carbocycles. The normalized spacial score (nSPS) is 11.2. The number of benzene rings is 8. The van der Waals surface area contributed by atoms with E-state index >= 15 is 0 Å². The van der Waals surface area contributed by atoms with Crippen LogP contribution in [-0.4, -0.2) is 29.9 Å². The van der Waals surface area contributed by atoms with Crippen molar-refractivity contribution in [3.63, 3.8) is 0 Å². The van der Waals surface area contributed by atoms with Crippen LogP contribution in [0, 0.1) is 48.5 Å². The zero-order valence-electron chi connectivity index (χ0n) is 54.9. The molecule has 0 spiro atoms. The summed E-state index contributed by atoms with van der Waals surface area (Å²) in [6, 6.07) is 78.4. The number of fused-ring (bicyclic) bond motifs is 21. The lowest BCUT2D eigenvalue weighted by Crippen LogP contribution is -1.78. The van der Waals surface area contributed by atoms with Crippen molar-refractivity contribution in [2.75, 3.05) is 0 Å². The van der Waals surface area contributed by atoms with Gasteiger partial charge in [-0.15, -0.1) is 79.4 Å². The molecule has 0 bridgehead atoms. The van der Waals surface area contributed by atoms with Crippen molar-refractivity contribution >= 4 is 221 Å². The maximum atomic E-state index is 4.57. The maximum absolute atomic E-state index is 4.57. The van der Waals surface area contributed by atoms with Crippen LogP contribution in [0.2, 0.25) is 0 Å². The van der Waals surface area contributed by atoms with E-state index in [4.69, 9.17) is 0 Å². The van der Waals surface area contributed by atoms with Gasteiger partial charge < -0.3 is 0 Å². The lowest BCUT2D eigenvalue weighted by molar-refractivity contribution is 1.27. The number of aryl methyl sites for hydroxylation is 7. The van der Waals surface area contributed by atoms with Crippen LogP contribution in [0.3, 0.4) is 0 Å². The van der Waals surface area contributed by atoms with Gasteiger partial charge in [0.25, 0.3) is 0 Å². The van der Waals surface area contributed by atoms with E-state index in [9.17, 15) is 0 Å². The molecule has 13 heteroatoms. The van der Waals surface area contributed by atoms with Gasteiger partial charge >= 0.3 is 0 Å². The van der Waals surface area contributed by atoms with E-state index < -0.39 is 0 Å². The van der Waals surface area contributed by atoms with Crippen LogP contribution in [0.5, 0.6) is 0 Å². The molecule has 0 unspecified atom stereocenters. The van der Waals surface area contributed by atoms with E-state index in [1.165, 1.54) is 149 Å². The van der Waals surface area contributed by atoms with Gasteiger partial charge in [0.1, 0.15) is 9.66 Å². The van der Waals surface area contributed by atoms with Crippen LogP contribution in [-0.2, 0) is 0 Å². The third-order valence-corrected chi connectivity index (χ3v) is 25.6. The minimum absolute atomic E-state index is 1.08. The molecule has 21 rings (SSSR count). The van der Waals surface area contributed by atoms with E-state index in [0.29, 0.717) is 0 Å². The van der Waals surface area contributed by atoms with Crippen molar-refractivity contribution in [1.82, 2.24) is 29.9 Å². The second kappa shape index (κ2) is 28.3. The highest BCUT2D eigenvalue weighted by Crippen LogP contribution is 2.40. The highest BCUT2D eigenvalue weighted by atomic mass is 32.1. The summed E-state index contributed by atoms with van der Waals surface area (Å²) < 4.78 is 16.0. The molecule has 21 aromatic rings. The average molecular weight is 1390 g/mol. The molecule has 476 valence electrons. The van der Waals surface area contributed by atoms with E-state index in [1.807, 2.05) is 119 Å². The number of nitrogens with zero attached hydrogens (tertiary/aromatic N) is 6. The van der Waals surface area contributed by atoms with Crippen LogP contribution >= 0.6 is 79.4 Å². The first kappa shape index (κ1) is 64.2. The summed E-state index contributed by atoms with van der Waals surface area (Å²) in [4.78, 5) is 28.7. The topological polar surface area (TPSA) is 77.3 Å². The molecular weight excluding hydrogens is 1330 g/mol. The molecule has 13 heterocycles. The summed E-state index contributed by atoms with van der Waals surface area (Å²) in [5.41, 5.74) is 12.5. The Labute approximate surface area is 595 Å². The van der Waals surface area contributed by atoms with Gasteiger partial charge in [0.05, 0.1) is 30.6 Å². The number of rotatable bonds is 0. The van der Waals surface area contributed by atoms with Gasteiger partial charge in [-0.25, -0.2) is 9.97 Å². The van der Waals surface area contributed by atoms with Gasteiger partial charge in [-0.05, 0) is 179 Å². The number of pyridine rings is 6. The summed E-state index contributed by atoms with van der Waals surface area (Å²) in [5.74, 6) is 0. The number of aromatic nitrogens is 6. The van der Waals surface area contributed by atoms with Gasteiger partial charge in [-0.1, -0.05) is 127 Å². The van der Waals surface area contributed by atoms with Gasteiger partial charge in [-0.2, -0.15) is 0 Å².